The lowest BCUT2D eigenvalue weighted by Gasteiger charge is -2.26. The lowest BCUT2D eigenvalue weighted by molar-refractivity contribution is -0.388. The van der Waals surface area contributed by atoms with Crippen molar-refractivity contribution in [3.8, 4) is 17.4 Å². The molecule has 0 atom stereocenters. The summed E-state index contributed by atoms with van der Waals surface area (Å²) in [6, 6.07) is 11.4. The Balaban J connectivity index is 1.96. The zero-order valence-corrected chi connectivity index (χ0v) is 18.9. The first-order chi connectivity index (χ1) is 15.6. The van der Waals surface area contributed by atoms with Crippen LogP contribution >= 0.6 is 0 Å². The van der Waals surface area contributed by atoms with Crippen molar-refractivity contribution in [1.82, 2.24) is 9.97 Å². The number of hydrogen-bond acceptors (Lipinski definition) is 8. The van der Waals surface area contributed by atoms with Crippen molar-refractivity contribution in [2.75, 3.05) is 12.0 Å². The first kappa shape index (κ1) is 23.5. The number of nitrogens with zero attached hydrogens (tertiary/aromatic N) is 4. The van der Waals surface area contributed by atoms with Gasteiger partial charge in [-0.3, -0.25) is 0 Å². The van der Waals surface area contributed by atoms with E-state index in [0.717, 1.165) is 10.5 Å². The van der Waals surface area contributed by atoms with Crippen LogP contribution in [0.15, 0.2) is 54.9 Å². The van der Waals surface area contributed by atoms with Gasteiger partial charge < -0.3 is 24.3 Å². The predicted octanol–water partition coefficient (Wildman–Crippen LogP) is 5.57. The fourth-order valence-electron chi connectivity index (χ4n) is 2.90. The normalized spacial score (nSPS) is 10.9. The molecule has 172 valence electrons. The van der Waals surface area contributed by atoms with E-state index >= 15 is 0 Å². The van der Waals surface area contributed by atoms with Crippen LogP contribution in [0.2, 0.25) is 0 Å². The van der Waals surface area contributed by atoms with Crippen LogP contribution in [0.3, 0.4) is 0 Å². The van der Waals surface area contributed by atoms with Crippen molar-refractivity contribution in [3.63, 3.8) is 0 Å². The van der Waals surface area contributed by atoms with E-state index in [1.807, 2.05) is 13.0 Å². The minimum absolute atomic E-state index is 0.0458. The van der Waals surface area contributed by atoms with E-state index < -0.39 is 22.4 Å². The van der Waals surface area contributed by atoms with Gasteiger partial charge in [0.15, 0.2) is 5.69 Å². The van der Waals surface area contributed by atoms with Gasteiger partial charge in [-0.25, -0.2) is 14.7 Å². The van der Waals surface area contributed by atoms with Crippen LogP contribution in [0, 0.1) is 17.0 Å². The quantitative estimate of drug-likeness (QED) is 0.352. The van der Waals surface area contributed by atoms with Gasteiger partial charge in [0.1, 0.15) is 23.3 Å². The maximum absolute atomic E-state index is 13.0. The van der Waals surface area contributed by atoms with E-state index in [9.17, 15) is 14.9 Å². The third-order valence-electron chi connectivity index (χ3n) is 4.34. The smallest absolute Gasteiger partial charge is 0.419 e. The predicted molar refractivity (Wildman–Crippen MR) is 121 cm³/mol. The van der Waals surface area contributed by atoms with Crippen molar-refractivity contribution in [3.05, 3.63) is 70.5 Å². The van der Waals surface area contributed by atoms with Crippen molar-refractivity contribution < 1.29 is 23.9 Å². The summed E-state index contributed by atoms with van der Waals surface area (Å²) in [6.07, 6.45) is 1.83. The number of carbonyl (C=O) groups is 1. The third kappa shape index (κ3) is 5.73. The van der Waals surface area contributed by atoms with Gasteiger partial charge in [0, 0.05) is 12.1 Å². The number of benzene rings is 1. The van der Waals surface area contributed by atoms with Crippen molar-refractivity contribution in [2.24, 2.45) is 0 Å². The summed E-state index contributed by atoms with van der Waals surface area (Å²) in [5.74, 6) is 0.957. The molecule has 0 aliphatic heterocycles. The molecule has 10 heteroatoms. The molecule has 0 bridgehead atoms. The van der Waals surface area contributed by atoms with Crippen molar-refractivity contribution >= 4 is 23.3 Å². The molecule has 1 amide bonds. The number of rotatable bonds is 6. The number of nitro groups is 1. The van der Waals surface area contributed by atoms with Crippen LogP contribution in [-0.4, -0.2) is 33.7 Å². The average molecular weight is 452 g/mol. The SMILES string of the molecule is COc1cc(Oc2ccc(N(C(=O)OC(C)(C)C)c3cccnc3[N+](=O)[O-])cn2)ccc1C. The second-order valence-electron chi connectivity index (χ2n) is 8.01. The van der Waals surface area contributed by atoms with Gasteiger partial charge in [-0.15, -0.1) is 0 Å². The highest BCUT2D eigenvalue weighted by Gasteiger charge is 2.31. The van der Waals surface area contributed by atoms with Gasteiger partial charge in [0.25, 0.3) is 0 Å². The highest BCUT2D eigenvalue weighted by molar-refractivity contribution is 5.98. The topological polar surface area (TPSA) is 117 Å². The Morgan fingerprint density at radius 2 is 1.88 bits per heavy atom. The van der Waals surface area contributed by atoms with Crippen molar-refractivity contribution in [1.29, 1.82) is 0 Å². The zero-order chi connectivity index (χ0) is 24.2. The molecule has 0 unspecified atom stereocenters. The Labute approximate surface area is 190 Å². The number of ether oxygens (including phenoxy) is 3. The molecule has 0 spiro atoms. The first-order valence-corrected chi connectivity index (χ1v) is 10.00. The molecule has 1 aromatic carbocycles. The number of pyridine rings is 2. The van der Waals surface area contributed by atoms with Crippen LogP contribution in [0.5, 0.6) is 17.4 Å². The molecule has 0 N–H and O–H groups in total. The molecular weight excluding hydrogens is 428 g/mol. The molecule has 0 radical (unpaired) electrons. The van der Waals surface area contributed by atoms with E-state index in [1.54, 1.807) is 52.1 Å². The van der Waals surface area contributed by atoms with E-state index in [1.165, 1.54) is 24.5 Å². The lowest BCUT2D eigenvalue weighted by atomic mass is 10.2. The summed E-state index contributed by atoms with van der Waals surface area (Å²) in [5.41, 5.74) is 0.330. The van der Waals surface area contributed by atoms with Gasteiger partial charge in [-0.05, 0) is 67.4 Å². The Hall–Kier alpha value is -4.21. The molecule has 0 aliphatic rings. The van der Waals surface area contributed by atoms with Crippen LogP contribution < -0.4 is 14.4 Å². The fourth-order valence-corrected chi connectivity index (χ4v) is 2.90. The number of anilines is 2. The first-order valence-electron chi connectivity index (χ1n) is 10.00. The number of aryl methyl sites for hydroxylation is 1. The lowest BCUT2D eigenvalue weighted by Crippen LogP contribution is -2.34. The maximum Gasteiger partial charge on any atom is 0.419 e. The Morgan fingerprint density at radius 1 is 1.12 bits per heavy atom. The van der Waals surface area contributed by atoms with Gasteiger partial charge >= 0.3 is 11.9 Å². The van der Waals surface area contributed by atoms with E-state index in [4.69, 9.17) is 14.2 Å². The highest BCUT2D eigenvalue weighted by Crippen LogP contribution is 2.34. The fraction of sp³-hybridized carbons (Fsp3) is 0.261. The second-order valence-corrected chi connectivity index (χ2v) is 8.01. The summed E-state index contributed by atoms with van der Waals surface area (Å²) in [6.45, 7) is 7.02. The number of methoxy groups -OCH3 is 1. The Morgan fingerprint density at radius 3 is 2.48 bits per heavy atom. The summed E-state index contributed by atoms with van der Waals surface area (Å²) < 4.78 is 16.5. The van der Waals surface area contributed by atoms with Gasteiger partial charge in [0.2, 0.25) is 5.88 Å². The van der Waals surface area contributed by atoms with E-state index in [-0.39, 0.29) is 17.3 Å². The van der Waals surface area contributed by atoms with Crippen LogP contribution in [0.4, 0.5) is 22.0 Å². The minimum atomic E-state index is -0.826. The summed E-state index contributed by atoms with van der Waals surface area (Å²) in [4.78, 5) is 32.9. The zero-order valence-electron chi connectivity index (χ0n) is 18.9. The maximum atomic E-state index is 13.0. The van der Waals surface area contributed by atoms with Gasteiger partial charge in [0.05, 0.1) is 19.0 Å². The monoisotopic (exact) mass is 452 g/mol. The molecule has 0 saturated heterocycles. The standard InChI is InChI=1S/C23H24N4O6/c1-15-8-10-17(13-19(15)31-5)32-20-11-9-16(14-25-20)26(22(28)33-23(2,3)4)18-7-6-12-24-21(18)27(29)30/h6-14H,1-5H3. The molecule has 0 saturated carbocycles. The number of carbonyl (C=O) groups excluding carboxylic acids is 1. The van der Waals surface area contributed by atoms with E-state index in [2.05, 4.69) is 9.97 Å². The second kappa shape index (κ2) is 9.51. The Bertz CT molecular complexity index is 1160. The molecule has 33 heavy (non-hydrogen) atoms. The summed E-state index contributed by atoms with van der Waals surface area (Å²) in [7, 11) is 1.57. The molecular formula is C23H24N4O6. The molecule has 10 nitrogen and oxygen atoms in total. The summed E-state index contributed by atoms with van der Waals surface area (Å²) >= 11 is 0. The summed E-state index contributed by atoms with van der Waals surface area (Å²) in [5, 5.41) is 11.5. The largest absolute Gasteiger partial charge is 0.496 e. The highest BCUT2D eigenvalue weighted by atomic mass is 16.6. The number of aromatic nitrogens is 2. The Kier molecular flexibility index (Phi) is 6.76. The van der Waals surface area contributed by atoms with Crippen LogP contribution in [0.25, 0.3) is 0 Å². The third-order valence-corrected chi connectivity index (χ3v) is 4.34. The molecule has 3 aromatic rings. The molecule has 3 rings (SSSR count). The molecule has 2 aromatic heterocycles. The molecule has 0 aliphatic carbocycles. The number of amides is 1. The minimum Gasteiger partial charge on any atom is -0.496 e. The van der Waals surface area contributed by atoms with Crippen LogP contribution in [-0.2, 0) is 4.74 Å². The average Bonchev–Trinajstić information content (AvgIpc) is 2.75. The van der Waals surface area contributed by atoms with Gasteiger partial charge in [-0.2, -0.15) is 0 Å². The number of hydrogen-bond donors (Lipinski definition) is 0. The molecule has 0 fully saturated rings. The van der Waals surface area contributed by atoms with E-state index in [0.29, 0.717) is 11.5 Å². The van der Waals surface area contributed by atoms with Gasteiger partial charge in [-0.1, -0.05) is 6.07 Å². The molecule has 2 heterocycles. The van der Waals surface area contributed by atoms with Crippen LogP contribution in [0.1, 0.15) is 26.3 Å². The van der Waals surface area contributed by atoms with Crippen molar-refractivity contribution in [2.45, 2.75) is 33.3 Å².